The maximum atomic E-state index is 4.45. The van der Waals surface area contributed by atoms with E-state index in [-0.39, 0.29) is 0 Å². The van der Waals surface area contributed by atoms with Gasteiger partial charge in [-0.1, -0.05) is 32.5 Å². The van der Waals surface area contributed by atoms with E-state index in [1.165, 1.54) is 0 Å². The van der Waals surface area contributed by atoms with Gasteiger partial charge in [-0.15, -0.1) is 0 Å². The zero-order valence-electron chi connectivity index (χ0n) is 11.5. The molecule has 0 aliphatic rings. The predicted octanol–water partition coefficient (Wildman–Crippen LogP) is 2.24. The van der Waals surface area contributed by atoms with Crippen molar-refractivity contribution in [1.82, 2.24) is 24.7 Å². The number of aromatic nitrogens is 5. The van der Waals surface area contributed by atoms with Crippen LogP contribution in [0.25, 0.3) is 5.95 Å². The maximum absolute atomic E-state index is 4.45. The van der Waals surface area contributed by atoms with Crippen molar-refractivity contribution in [2.75, 3.05) is 12.4 Å². The van der Waals surface area contributed by atoms with Crippen LogP contribution in [0.15, 0.2) is 23.6 Å². The number of rotatable bonds is 5. The predicted molar refractivity (Wildman–Crippen MR) is 76.7 cm³/mol. The van der Waals surface area contributed by atoms with Crippen molar-refractivity contribution in [2.45, 2.75) is 31.2 Å². The van der Waals surface area contributed by atoms with Crippen molar-refractivity contribution >= 4 is 17.7 Å². The Labute approximate surface area is 117 Å². The summed E-state index contributed by atoms with van der Waals surface area (Å²) in [6.07, 6.45) is 3.52. The summed E-state index contributed by atoms with van der Waals surface area (Å²) >= 11 is 1.65. The normalized spacial score (nSPS) is 12.7. The van der Waals surface area contributed by atoms with Gasteiger partial charge in [-0.2, -0.15) is 20.1 Å². The fraction of sp³-hybridized carbons (Fsp3) is 0.500. The van der Waals surface area contributed by atoms with Crippen molar-refractivity contribution in [3.8, 4) is 5.95 Å². The molecule has 0 aliphatic carbocycles. The highest BCUT2D eigenvalue weighted by atomic mass is 32.2. The topological polar surface area (TPSA) is 68.5 Å². The van der Waals surface area contributed by atoms with Crippen LogP contribution >= 0.6 is 11.8 Å². The number of hydrogen-bond acceptors (Lipinski definition) is 6. The van der Waals surface area contributed by atoms with Gasteiger partial charge < -0.3 is 5.32 Å². The summed E-state index contributed by atoms with van der Waals surface area (Å²) in [4.78, 5) is 13.1. The molecule has 1 N–H and O–H groups in total. The maximum Gasteiger partial charge on any atom is 0.256 e. The highest BCUT2D eigenvalue weighted by Gasteiger charge is 2.14. The van der Waals surface area contributed by atoms with Gasteiger partial charge in [-0.25, -0.2) is 4.68 Å². The van der Waals surface area contributed by atoms with Crippen LogP contribution in [0.1, 0.15) is 20.8 Å². The van der Waals surface area contributed by atoms with Crippen LogP contribution in [0.4, 0.5) is 5.95 Å². The molecule has 0 saturated heterocycles. The Balaban J connectivity index is 2.31. The Morgan fingerprint density at radius 1 is 1.21 bits per heavy atom. The van der Waals surface area contributed by atoms with E-state index in [1.54, 1.807) is 29.7 Å². The molecule has 6 nitrogen and oxygen atoms in total. The molecule has 2 heterocycles. The second-order valence-corrected chi connectivity index (χ2v) is 5.85. The average Bonchev–Trinajstić information content (AvgIpc) is 2.92. The average molecular weight is 278 g/mol. The molecule has 19 heavy (non-hydrogen) atoms. The lowest BCUT2D eigenvalue weighted by Gasteiger charge is -2.14. The van der Waals surface area contributed by atoms with Crippen LogP contribution in [-0.2, 0) is 0 Å². The van der Waals surface area contributed by atoms with Crippen molar-refractivity contribution in [1.29, 1.82) is 0 Å². The van der Waals surface area contributed by atoms with Crippen LogP contribution in [0.3, 0.4) is 0 Å². The molecular formula is C12H18N6S. The summed E-state index contributed by atoms with van der Waals surface area (Å²) < 4.78 is 1.63. The Morgan fingerprint density at radius 3 is 2.58 bits per heavy atom. The van der Waals surface area contributed by atoms with Gasteiger partial charge in [0.25, 0.3) is 5.95 Å². The van der Waals surface area contributed by atoms with Gasteiger partial charge in [-0.05, 0) is 12.0 Å². The van der Waals surface area contributed by atoms with Crippen LogP contribution in [-0.4, -0.2) is 37.0 Å². The zero-order chi connectivity index (χ0) is 13.8. The number of nitrogens with zero attached hydrogens (tertiary/aromatic N) is 5. The fourth-order valence-corrected chi connectivity index (χ4v) is 2.18. The molecule has 102 valence electrons. The third-order valence-electron chi connectivity index (χ3n) is 2.77. The molecule has 0 radical (unpaired) electrons. The third-order valence-corrected chi connectivity index (χ3v) is 4.08. The van der Waals surface area contributed by atoms with E-state index in [1.807, 2.05) is 12.3 Å². The van der Waals surface area contributed by atoms with Crippen molar-refractivity contribution in [3.63, 3.8) is 0 Å². The summed E-state index contributed by atoms with van der Waals surface area (Å²) in [5.41, 5.74) is 0. The van der Waals surface area contributed by atoms with E-state index in [9.17, 15) is 0 Å². The lowest BCUT2D eigenvalue weighted by atomic mass is 10.2. The zero-order valence-corrected chi connectivity index (χ0v) is 12.3. The number of hydrogen-bond donors (Lipinski definition) is 1. The van der Waals surface area contributed by atoms with Crippen LogP contribution in [0.2, 0.25) is 0 Å². The summed E-state index contributed by atoms with van der Waals surface area (Å²) in [5.74, 6) is 1.65. The molecule has 0 amide bonds. The van der Waals surface area contributed by atoms with Gasteiger partial charge in [0.1, 0.15) is 0 Å². The van der Waals surface area contributed by atoms with E-state index >= 15 is 0 Å². The smallest absolute Gasteiger partial charge is 0.256 e. The van der Waals surface area contributed by atoms with Crippen LogP contribution in [0.5, 0.6) is 0 Å². The summed E-state index contributed by atoms with van der Waals surface area (Å²) in [6, 6.07) is 1.84. The monoisotopic (exact) mass is 278 g/mol. The molecule has 2 aromatic rings. The Morgan fingerprint density at radius 2 is 2.00 bits per heavy atom. The molecule has 2 aromatic heterocycles. The third kappa shape index (κ3) is 3.44. The minimum absolute atomic E-state index is 0.442. The van der Waals surface area contributed by atoms with E-state index in [4.69, 9.17) is 0 Å². The largest absolute Gasteiger partial charge is 0.357 e. The first-order valence-corrected chi connectivity index (χ1v) is 7.08. The second-order valence-electron chi connectivity index (χ2n) is 4.51. The van der Waals surface area contributed by atoms with Gasteiger partial charge in [0.05, 0.1) is 0 Å². The van der Waals surface area contributed by atoms with Gasteiger partial charge in [0, 0.05) is 24.7 Å². The molecule has 0 bridgehead atoms. The van der Waals surface area contributed by atoms with Crippen molar-refractivity contribution in [3.05, 3.63) is 18.5 Å². The van der Waals surface area contributed by atoms with E-state index in [0.717, 1.165) is 0 Å². The molecule has 0 fully saturated rings. The molecule has 2 rings (SSSR count). The molecule has 0 aromatic carbocycles. The van der Waals surface area contributed by atoms with Crippen molar-refractivity contribution < 1.29 is 0 Å². The molecule has 0 saturated carbocycles. The second kappa shape index (κ2) is 6.01. The highest BCUT2D eigenvalue weighted by molar-refractivity contribution is 7.99. The van der Waals surface area contributed by atoms with Crippen LogP contribution in [0, 0.1) is 5.92 Å². The Kier molecular flexibility index (Phi) is 4.36. The summed E-state index contributed by atoms with van der Waals surface area (Å²) in [5, 5.41) is 8.26. The van der Waals surface area contributed by atoms with E-state index in [2.05, 4.69) is 46.1 Å². The van der Waals surface area contributed by atoms with Crippen molar-refractivity contribution in [2.24, 2.45) is 5.92 Å². The lowest BCUT2D eigenvalue weighted by molar-refractivity contribution is 0.639. The Bertz CT molecular complexity index is 525. The minimum Gasteiger partial charge on any atom is -0.357 e. The highest BCUT2D eigenvalue weighted by Crippen LogP contribution is 2.25. The van der Waals surface area contributed by atoms with E-state index < -0.39 is 0 Å². The summed E-state index contributed by atoms with van der Waals surface area (Å²) in [7, 11) is 1.79. The van der Waals surface area contributed by atoms with Gasteiger partial charge in [0.2, 0.25) is 5.95 Å². The quantitative estimate of drug-likeness (QED) is 0.846. The van der Waals surface area contributed by atoms with E-state index in [0.29, 0.717) is 28.2 Å². The summed E-state index contributed by atoms with van der Waals surface area (Å²) in [6.45, 7) is 6.55. The lowest BCUT2D eigenvalue weighted by Crippen LogP contribution is -2.11. The first-order chi connectivity index (χ1) is 9.10. The Hall–Kier alpha value is -1.63. The molecule has 1 atom stereocenters. The van der Waals surface area contributed by atoms with Gasteiger partial charge in [-0.3, -0.25) is 0 Å². The molecule has 1 unspecified atom stereocenters. The number of thioether (sulfide) groups is 1. The number of anilines is 1. The first kappa shape index (κ1) is 13.8. The molecule has 7 heteroatoms. The minimum atomic E-state index is 0.442. The fourth-order valence-electron chi connectivity index (χ4n) is 1.30. The number of nitrogens with one attached hydrogen (secondary N) is 1. The molecule has 0 spiro atoms. The molecular weight excluding hydrogens is 260 g/mol. The molecule has 0 aliphatic heterocycles. The SMILES string of the molecule is CNc1nc(SC(C)C(C)C)nc(-n2cccn2)n1. The first-order valence-electron chi connectivity index (χ1n) is 6.20. The van der Waals surface area contributed by atoms with Crippen LogP contribution < -0.4 is 5.32 Å². The standard InChI is InChI=1S/C12H18N6S/c1-8(2)9(3)19-12-16-10(13-4)15-11(17-12)18-7-5-6-14-18/h5-9H,1-4H3,(H,13,15,16,17). The van der Waals surface area contributed by atoms with Gasteiger partial charge >= 0.3 is 0 Å². The van der Waals surface area contributed by atoms with Gasteiger partial charge in [0.15, 0.2) is 5.16 Å².